The van der Waals surface area contributed by atoms with E-state index in [1.165, 1.54) is 6.33 Å². The molecular weight excluding hydrogens is 382 g/mol. The van der Waals surface area contributed by atoms with Gasteiger partial charge >= 0.3 is 5.69 Å². The maximum Gasteiger partial charge on any atom is 0.354 e. The molecule has 3 aromatic heterocycles. The van der Waals surface area contributed by atoms with Gasteiger partial charge in [-0.25, -0.2) is 19.9 Å². The quantitative estimate of drug-likeness (QED) is 0.363. The van der Waals surface area contributed by atoms with Gasteiger partial charge in [-0.1, -0.05) is 42.5 Å². The van der Waals surface area contributed by atoms with Crippen molar-refractivity contribution in [1.82, 2.24) is 19.9 Å². The zero-order valence-electron chi connectivity index (χ0n) is 15.8. The lowest BCUT2D eigenvalue weighted by molar-refractivity contribution is -0.383. The van der Waals surface area contributed by atoms with Crippen LogP contribution in [0, 0.1) is 10.1 Å². The van der Waals surface area contributed by atoms with Crippen molar-refractivity contribution in [2.45, 2.75) is 6.54 Å². The lowest BCUT2D eigenvalue weighted by Gasteiger charge is -2.23. The second-order valence-electron chi connectivity index (χ2n) is 6.25. The molecule has 0 aliphatic rings. The SMILES string of the molecule is O=[N+]([O-])c1c(Nc2ccccn2)ncnc1N(Cc1ccccc1)c1ccccn1. The second kappa shape index (κ2) is 8.74. The van der Waals surface area contributed by atoms with Crippen LogP contribution < -0.4 is 10.2 Å². The van der Waals surface area contributed by atoms with E-state index in [4.69, 9.17) is 0 Å². The van der Waals surface area contributed by atoms with Crippen molar-refractivity contribution in [1.29, 1.82) is 0 Å². The molecule has 9 heteroatoms. The molecule has 0 radical (unpaired) electrons. The van der Waals surface area contributed by atoms with Crippen molar-refractivity contribution in [2.24, 2.45) is 0 Å². The van der Waals surface area contributed by atoms with E-state index >= 15 is 0 Å². The number of nitro groups is 1. The molecule has 30 heavy (non-hydrogen) atoms. The molecule has 1 N–H and O–H groups in total. The Kier molecular flexibility index (Phi) is 5.52. The van der Waals surface area contributed by atoms with Gasteiger partial charge < -0.3 is 10.2 Å². The highest BCUT2D eigenvalue weighted by molar-refractivity contribution is 5.76. The van der Waals surface area contributed by atoms with E-state index in [1.807, 2.05) is 36.4 Å². The van der Waals surface area contributed by atoms with Crippen LogP contribution in [0.5, 0.6) is 0 Å². The minimum atomic E-state index is -0.498. The van der Waals surface area contributed by atoms with Crippen molar-refractivity contribution in [3.8, 4) is 0 Å². The molecule has 0 fully saturated rings. The number of hydrogen-bond donors (Lipinski definition) is 1. The first-order valence-corrected chi connectivity index (χ1v) is 9.12. The molecule has 0 atom stereocenters. The molecule has 3 heterocycles. The fraction of sp³-hybridized carbons (Fsp3) is 0.0476. The smallest absolute Gasteiger partial charge is 0.319 e. The summed E-state index contributed by atoms with van der Waals surface area (Å²) in [6.07, 6.45) is 4.51. The van der Waals surface area contributed by atoms with Gasteiger partial charge in [0.1, 0.15) is 18.0 Å². The Bertz CT molecular complexity index is 1130. The van der Waals surface area contributed by atoms with Crippen molar-refractivity contribution < 1.29 is 4.92 Å². The number of pyridine rings is 2. The number of nitrogens with zero attached hydrogens (tertiary/aromatic N) is 6. The Hall–Kier alpha value is -4.40. The fourth-order valence-corrected chi connectivity index (χ4v) is 2.93. The van der Waals surface area contributed by atoms with E-state index in [-0.39, 0.29) is 17.3 Å². The van der Waals surface area contributed by atoms with E-state index in [9.17, 15) is 10.1 Å². The van der Waals surface area contributed by atoms with Crippen LogP contribution in [0.4, 0.5) is 29.0 Å². The third kappa shape index (κ3) is 4.20. The zero-order chi connectivity index (χ0) is 20.8. The number of hydrogen-bond acceptors (Lipinski definition) is 8. The van der Waals surface area contributed by atoms with Gasteiger partial charge in [0.15, 0.2) is 0 Å². The lowest BCUT2D eigenvalue weighted by Crippen LogP contribution is -2.21. The number of benzene rings is 1. The van der Waals surface area contributed by atoms with Gasteiger partial charge in [-0.05, 0) is 29.8 Å². The summed E-state index contributed by atoms with van der Waals surface area (Å²) in [5.41, 5.74) is 0.694. The molecule has 4 aromatic rings. The van der Waals surface area contributed by atoms with E-state index < -0.39 is 4.92 Å². The average Bonchev–Trinajstić information content (AvgIpc) is 2.79. The topological polar surface area (TPSA) is 110 Å². The van der Waals surface area contributed by atoms with E-state index in [1.54, 1.807) is 47.6 Å². The first-order chi connectivity index (χ1) is 14.7. The minimum absolute atomic E-state index is 0.0534. The molecule has 0 unspecified atom stereocenters. The predicted molar refractivity (Wildman–Crippen MR) is 113 cm³/mol. The first-order valence-electron chi connectivity index (χ1n) is 9.12. The predicted octanol–water partition coefficient (Wildman–Crippen LogP) is 4.26. The highest BCUT2D eigenvalue weighted by atomic mass is 16.6. The van der Waals surface area contributed by atoms with Crippen molar-refractivity contribution in [3.05, 3.63) is 101 Å². The monoisotopic (exact) mass is 399 g/mol. The van der Waals surface area contributed by atoms with Crippen LogP contribution >= 0.6 is 0 Å². The summed E-state index contributed by atoms with van der Waals surface area (Å²) in [5, 5.41) is 15.0. The number of aromatic nitrogens is 4. The number of rotatable bonds is 7. The molecule has 0 saturated heterocycles. The van der Waals surface area contributed by atoms with Crippen molar-refractivity contribution >= 4 is 29.0 Å². The normalized spacial score (nSPS) is 10.4. The standard InChI is InChI=1S/C21H17N7O2/c29-28(30)19-20(26-17-10-4-6-12-22-17)24-15-25-21(19)27(18-11-5-7-13-23-18)14-16-8-2-1-3-9-16/h1-13,15H,14H2,(H,22,24,25,26). The van der Waals surface area contributed by atoms with Gasteiger partial charge in [0.05, 0.1) is 11.5 Å². The summed E-state index contributed by atoms with van der Waals surface area (Å²) in [6, 6.07) is 20.2. The molecule has 0 amide bonds. The van der Waals surface area contributed by atoms with Gasteiger partial charge in [-0.3, -0.25) is 10.1 Å². The maximum absolute atomic E-state index is 12.0. The highest BCUT2D eigenvalue weighted by Crippen LogP contribution is 2.37. The molecule has 0 spiro atoms. The Morgan fingerprint density at radius 3 is 2.27 bits per heavy atom. The Morgan fingerprint density at radius 2 is 1.60 bits per heavy atom. The minimum Gasteiger partial charge on any atom is -0.319 e. The van der Waals surface area contributed by atoms with Crippen LogP contribution in [-0.4, -0.2) is 24.9 Å². The molecule has 148 valence electrons. The summed E-state index contributed by atoms with van der Waals surface area (Å²) < 4.78 is 0. The molecule has 0 bridgehead atoms. The Labute approximate surface area is 172 Å². The summed E-state index contributed by atoms with van der Waals surface area (Å²) >= 11 is 0. The lowest BCUT2D eigenvalue weighted by atomic mass is 10.2. The summed E-state index contributed by atoms with van der Waals surface area (Å²) in [7, 11) is 0. The summed E-state index contributed by atoms with van der Waals surface area (Å²) in [5.74, 6) is 1.17. The Morgan fingerprint density at radius 1 is 0.867 bits per heavy atom. The van der Waals surface area contributed by atoms with Crippen LogP contribution in [0.25, 0.3) is 0 Å². The molecular formula is C21H17N7O2. The molecule has 0 aliphatic carbocycles. The van der Waals surface area contributed by atoms with E-state index in [0.717, 1.165) is 5.56 Å². The zero-order valence-corrected chi connectivity index (χ0v) is 15.8. The van der Waals surface area contributed by atoms with Crippen LogP contribution in [0.15, 0.2) is 85.5 Å². The van der Waals surface area contributed by atoms with Gasteiger partial charge in [-0.15, -0.1) is 0 Å². The van der Waals surface area contributed by atoms with Crippen molar-refractivity contribution in [2.75, 3.05) is 10.2 Å². The largest absolute Gasteiger partial charge is 0.354 e. The summed E-state index contributed by atoms with van der Waals surface area (Å²) in [6.45, 7) is 0.346. The average molecular weight is 399 g/mol. The van der Waals surface area contributed by atoms with Crippen LogP contribution in [0.2, 0.25) is 0 Å². The third-order valence-electron chi connectivity index (χ3n) is 4.26. The highest BCUT2D eigenvalue weighted by Gasteiger charge is 2.29. The van der Waals surface area contributed by atoms with Gasteiger partial charge in [-0.2, -0.15) is 0 Å². The molecule has 0 aliphatic heterocycles. The molecule has 1 aromatic carbocycles. The van der Waals surface area contributed by atoms with Crippen molar-refractivity contribution in [3.63, 3.8) is 0 Å². The molecule has 4 rings (SSSR count). The first kappa shape index (κ1) is 18.9. The van der Waals surface area contributed by atoms with Gasteiger partial charge in [0, 0.05) is 12.4 Å². The second-order valence-corrected chi connectivity index (χ2v) is 6.25. The van der Waals surface area contributed by atoms with E-state index in [2.05, 4.69) is 25.3 Å². The van der Waals surface area contributed by atoms with Gasteiger partial charge in [0.2, 0.25) is 11.6 Å². The molecule has 0 saturated carbocycles. The summed E-state index contributed by atoms with van der Waals surface area (Å²) in [4.78, 5) is 30.1. The maximum atomic E-state index is 12.0. The van der Waals surface area contributed by atoms with Crippen LogP contribution in [0.3, 0.4) is 0 Å². The van der Waals surface area contributed by atoms with Crippen LogP contribution in [0.1, 0.15) is 5.56 Å². The van der Waals surface area contributed by atoms with E-state index in [0.29, 0.717) is 18.2 Å². The Balaban J connectivity index is 1.81. The number of anilines is 4. The third-order valence-corrected chi connectivity index (χ3v) is 4.26. The molecule has 9 nitrogen and oxygen atoms in total. The fourth-order valence-electron chi connectivity index (χ4n) is 2.93. The number of nitrogens with one attached hydrogen (secondary N) is 1. The van der Waals surface area contributed by atoms with Gasteiger partial charge in [0.25, 0.3) is 0 Å². The van der Waals surface area contributed by atoms with Crippen LogP contribution in [-0.2, 0) is 6.54 Å².